The lowest BCUT2D eigenvalue weighted by Gasteiger charge is -2.22. The lowest BCUT2D eigenvalue weighted by Crippen LogP contribution is -2.33. The largest absolute Gasteiger partial charge is 0.472 e. The van der Waals surface area contributed by atoms with E-state index in [0.29, 0.717) is 23.8 Å². The van der Waals surface area contributed by atoms with Crippen molar-refractivity contribution < 1.29 is 9.21 Å². The Morgan fingerprint density at radius 2 is 2.00 bits per heavy atom. The third-order valence-electron chi connectivity index (χ3n) is 3.26. The summed E-state index contributed by atoms with van der Waals surface area (Å²) in [6.07, 6.45) is 3.26. The van der Waals surface area contributed by atoms with Crippen LogP contribution in [0.2, 0.25) is 5.02 Å². The molecule has 0 aliphatic rings. The van der Waals surface area contributed by atoms with Gasteiger partial charge in [-0.3, -0.25) is 0 Å². The third kappa shape index (κ3) is 4.37. The maximum Gasteiger partial charge on any atom is 0.322 e. The second kappa shape index (κ2) is 7.35. The van der Waals surface area contributed by atoms with Crippen LogP contribution < -0.4 is 5.32 Å². The van der Waals surface area contributed by atoms with Gasteiger partial charge in [0, 0.05) is 21.2 Å². The van der Waals surface area contributed by atoms with Gasteiger partial charge in [0.15, 0.2) is 0 Å². The van der Waals surface area contributed by atoms with Gasteiger partial charge >= 0.3 is 6.03 Å². The summed E-state index contributed by atoms with van der Waals surface area (Å²) in [7, 11) is 0. The van der Waals surface area contributed by atoms with Crippen LogP contribution in [0.3, 0.4) is 0 Å². The number of hydrogen-bond donors (Lipinski definition) is 1. The first-order valence-electron chi connectivity index (χ1n) is 7.05. The summed E-state index contributed by atoms with van der Waals surface area (Å²) < 4.78 is 5.09. The number of anilines is 1. The first-order valence-corrected chi connectivity index (χ1v) is 8.31. The van der Waals surface area contributed by atoms with Gasteiger partial charge in [-0.15, -0.1) is 11.3 Å². The number of halogens is 1. The van der Waals surface area contributed by atoms with Gasteiger partial charge in [0.2, 0.25) is 0 Å². The highest BCUT2D eigenvalue weighted by Gasteiger charge is 2.16. The van der Waals surface area contributed by atoms with E-state index in [-0.39, 0.29) is 6.03 Å². The average molecular weight is 347 g/mol. The number of thiophene rings is 1. The van der Waals surface area contributed by atoms with Crippen molar-refractivity contribution in [3.63, 3.8) is 0 Å². The van der Waals surface area contributed by atoms with E-state index in [1.165, 1.54) is 0 Å². The van der Waals surface area contributed by atoms with Gasteiger partial charge in [0.1, 0.15) is 0 Å². The molecule has 3 aromatic rings. The summed E-state index contributed by atoms with van der Waals surface area (Å²) in [5.41, 5.74) is 1.66. The molecule has 1 N–H and O–H groups in total. The van der Waals surface area contributed by atoms with Gasteiger partial charge in [0.05, 0.1) is 25.6 Å². The highest BCUT2D eigenvalue weighted by molar-refractivity contribution is 7.09. The second-order valence-corrected chi connectivity index (χ2v) is 6.47. The number of amides is 2. The van der Waals surface area contributed by atoms with Crippen molar-refractivity contribution in [1.82, 2.24) is 4.90 Å². The van der Waals surface area contributed by atoms with Crippen molar-refractivity contribution in [2.45, 2.75) is 13.1 Å². The van der Waals surface area contributed by atoms with Crippen LogP contribution in [0.1, 0.15) is 10.4 Å². The zero-order valence-electron chi connectivity index (χ0n) is 12.2. The highest BCUT2D eigenvalue weighted by Crippen LogP contribution is 2.18. The summed E-state index contributed by atoms with van der Waals surface area (Å²) in [6, 6.07) is 12.7. The van der Waals surface area contributed by atoms with Crippen LogP contribution in [-0.4, -0.2) is 10.9 Å². The Bertz CT molecular complexity index is 703. The van der Waals surface area contributed by atoms with Crippen LogP contribution in [0.15, 0.2) is 64.8 Å². The van der Waals surface area contributed by atoms with Crippen LogP contribution in [0.25, 0.3) is 0 Å². The van der Waals surface area contributed by atoms with E-state index in [9.17, 15) is 4.79 Å². The van der Waals surface area contributed by atoms with Gasteiger partial charge in [-0.2, -0.15) is 0 Å². The van der Waals surface area contributed by atoms with Crippen molar-refractivity contribution in [2.75, 3.05) is 5.32 Å². The molecule has 0 spiro atoms. The zero-order valence-corrected chi connectivity index (χ0v) is 13.8. The molecule has 0 aliphatic heterocycles. The van der Waals surface area contributed by atoms with Crippen molar-refractivity contribution >= 4 is 34.7 Å². The Morgan fingerprint density at radius 1 is 1.17 bits per heavy atom. The molecule has 0 fully saturated rings. The molecule has 3 rings (SSSR count). The summed E-state index contributed by atoms with van der Waals surface area (Å²) >= 11 is 7.50. The maximum absolute atomic E-state index is 12.6. The Morgan fingerprint density at radius 3 is 2.65 bits per heavy atom. The minimum absolute atomic E-state index is 0.165. The van der Waals surface area contributed by atoms with Crippen LogP contribution in [0.4, 0.5) is 10.5 Å². The standard InChI is InChI=1S/C17H15ClN2O2S/c18-14-3-5-15(6-4-14)19-17(21)20(10-13-7-8-22-12-13)11-16-2-1-9-23-16/h1-9,12H,10-11H2,(H,19,21). The van der Waals surface area contributed by atoms with Crippen LogP contribution in [-0.2, 0) is 13.1 Å². The number of carbonyl (C=O) groups excluding carboxylic acids is 1. The number of nitrogens with one attached hydrogen (secondary N) is 1. The number of benzene rings is 1. The molecule has 0 atom stereocenters. The quantitative estimate of drug-likeness (QED) is 0.687. The number of urea groups is 1. The first-order chi connectivity index (χ1) is 11.2. The maximum atomic E-state index is 12.6. The zero-order chi connectivity index (χ0) is 16.1. The molecule has 0 saturated heterocycles. The van der Waals surface area contributed by atoms with Gasteiger partial charge in [-0.1, -0.05) is 17.7 Å². The van der Waals surface area contributed by atoms with E-state index in [1.807, 2.05) is 23.6 Å². The molecule has 2 heterocycles. The van der Waals surface area contributed by atoms with E-state index in [1.54, 1.807) is 53.0 Å². The van der Waals surface area contributed by atoms with Crippen molar-refractivity contribution in [1.29, 1.82) is 0 Å². The summed E-state index contributed by atoms with van der Waals surface area (Å²) in [5.74, 6) is 0. The lowest BCUT2D eigenvalue weighted by molar-refractivity contribution is 0.207. The molecular weight excluding hydrogens is 332 g/mol. The molecule has 0 aliphatic carbocycles. The second-order valence-electron chi connectivity index (χ2n) is 5.00. The van der Waals surface area contributed by atoms with Gasteiger partial charge in [-0.05, 0) is 41.8 Å². The number of nitrogens with zero attached hydrogens (tertiary/aromatic N) is 1. The fourth-order valence-corrected chi connectivity index (χ4v) is 2.97. The summed E-state index contributed by atoms with van der Waals surface area (Å²) in [4.78, 5) is 15.5. The lowest BCUT2D eigenvalue weighted by atomic mass is 10.3. The molecule has 2 amide bonds. The fraction of sp³-hybridized carbons (Fsp3) is 0.118. The SMILES string of the molecule is O=C(Nc1ccc(Cl)cc1)N(Cc1ccoc1)Cc1cccs1. The molecule has 2 aromatic heterocycles. The molecule has 1 aromatic carbocycles. The number of furan rings is 1. The molecule has 0 saturated carbocycles. The molecule has 6 heteroatoms. The van der Waals surface area contributed by atoms with Gasteiger partial charge in [-0.25, -0.2) is 4.79 Å². The number of hydrogen-bond acceptors (Lipinski definition) is 3. The fourth-order valence-electron chi connectivity index (χ4n) is 2.13. The predicted octanol–water partition coefficient (Wildman–Crippen LogP) is 5.23. The van der Waals surface area contributed by atoms with E-state index >= 15 is 0 Å². The normalized spacial score (nSPS) is 10.5. The highest BCUT2D eigenvalue weighted by atomic mass is 35.5. The number of rotatable bonds is 5. The molecule has 118 valence electrons. The van der Waals surface area contributed by atoms with Crippen molar-refractivity contribution in [3.05, 3.63) is 75.8 Å². The van der Waals surface area contributed by atoms with E-state index in [2.05, 4.69) is 5.32 Å². The van der Waals surface area contributed by atoms with Crippen molar-refractivity contribution in [2.24, 2.45) is 0 Å². The minimum Gasteiger partial charge on any atom is -0.472 e. The third-order valence-corrected chi connectivity index (χ3v) is 4.38. The van der Waals surface area contributed by atoms with Gasteiger partial charge < -0.3 is 14.6 Å². The van der Waals surface area contributed by atoms with E-state index < -0.39 is 0 Å². The topological polar surface area (TPSA) is 45.5 Å². The summed E-state index contributed by atoms with van der Waals surface area (Å²) in [5, 5.41) is 5.53. The number of carbonyl (C=O) groups is 1. The van der Waals surface area contributed by atoms with Gasteiger partial charge in [0.25, 0.3) is 0 Å². The van der Waals surface area contributed by atoms with E-state index in [0.717, 1.165) is 10.4 Å². The predicted molar refractivity (Wildman–Crippen MR) is 92.7 cm³/mol. The summed E-state index contributed by atoms with van der Waals surface area (Å²) in [6.45, 7) is 1.02. The molecule has 23 heavy (non-hydrogen) atoms. The van der Waals surface area contributed by atoms with Crippen molar-refractivity contribution in [3.8, 4) is 0 Å². The van der Waals surface area contributed by atoms with Crippen LogP contribution in [0.5, 0.6) is 0 Å². The first kappa shape index (κ1) is 15.6. The average Bonchev–Trinajstić information content (AvgIpc) is 3.22. The van der Waals surface area contributed by atoms with Crippen LogP contribution >= 0.6 is 22.9 Å². The molecule has 0 unspecified atom stereocenters. The Hall–Kier alpha value is -2.24. The van der Waals surface area contributed by atoms with Crippen LogP contribution in [0, 0.1) is 0 Å². The molecule has 0 radical (unpaired) electrons. The Labute approximate surface area is 143 Å². The molecular formula is C17H15ClN2O2S. The Kier molecular flexibility index (Phi) is 5.00. The molecule has 0 bridgehead atoms. The van der Waals surface area contributed by atoms with E-state index in [4.69, 9.17) is 16.0 Å². The monoisotopic (exact) mass is 346 g/mol. The smallest absolute Gasteiger partial charge is 0.322 e. The Balaban J connectivity index is 1.73. The molecule has 4 nitrogen and oxygen atoms in total. The minimum atomic E-state index is -0.165.